The molecule has 16 heavy (non-hydrogen) atoms. The van der Waals surface area contributed by atoms with Crippen molar-refractivity contribution in [1.82, 2.24) is 4.98 Å². The van der Waals surface area contributed by atoms with Gasteiger partial charge in [0.05, 0.1) is 19.7 Å². The van der Waals surface area contributed by atoms with Crippen LogP contribution in [-0.2, 0) is 0 Å². The van der Waals surface area contributed by atoms with Crippen LogP contribution in [0.2, 0.25) is 0 Å². The van der Waals surface area contributed by atoms with Gasteiger partial charge < -0.3 is 19.6 Å². The molecule has 2 N–H and O–H groups in total. The number of rotatable bonds is 2. The van der Waals surface area contributed by atoms with E-state index in [1.165, 1.54) is 20.3 Å². The lowest BCUT2D eigenvalue weighted by molar-refractivity contribution is 0.358. The van der Waals surface area contributed by atoms with Gasteiger partial charge in [-0.2, -0.15) is 0 Å². The summed E-state index contributed by atoms with van der Waals surface area (Å²) in [6.45, 7) is 0. The van der Waals surface area contributed by atoms with Gasteiger partial charge in [0, 0.05) is 5.39 Å². The Morgan fingerprint density at radius 2 is 2.00 bits per heavy atom. The van der Waals surface area contributed by atoms with Crippen molar-refractivity contribution in [1.29, 1.82) is 0 Å². The summed E-state index contributed by atoms with van der Waals surface area (Å²) < 4.78 is 10.3. The van der Waals surface area contributed by atoms with Crippen LogP contribution in [0.25, 0.3) is 10.9 Å². The van der Waals surface area contributed by atoms with Crippen molar-refractivity contribution < 1.29 is 14.6 Å². The van der Waals surface area contributed by atoms with E-state index in [-0.39, 0.29) is 5.75 Å². The van der Waals surface area contributed by atoms with Crippen molar-refractivity contribution in [3.8, 4) is 17.2 Å². The van der Waals surface area contributed by atoms with Crippen molar-refractivity contribution in [3.63, 3.8) is 0 Å². The average Bonchev–Trinajstić information content (AvgIpc) is 2.29. The second kappa shape index (κ2) is 3.77. The lowest BCUT2D eigenvalue weighted by Crippen LogP contribution is -2.05. The Bertz CT molecular complexity index is 588. The summed E-state index contributed by atoms with van der Waals surface area (Å²) in [6.07, 6.45) is 0. The maximum absolute atomic E-state index is 11.3. The van der Waals surface area contributed by atoms with Crippen LogP contribution < -0.4 is 15.0 Å². The monoisotopic (exact) mass is 221 g/mol. The first-order valence-corrected chi connectivity index (χ1v) is 4.64. The molecule has 0 fully saturated rings. The molecule has 5 heteroatoms. The summed E-state index contributed by atoms with van der Waals surface area (Å²) in [5.74, 6) is 0.646. The Morgan fingerprint density at radius 1 is 1.25 bits per heavy atom. The quantitative estimate of drug-likeness (QED) is 0.800. The molecule has 2 aromatic rings. The van der Waals surface area contributed by atoms with Crippen LogP contribution in [0.15, 0.2) is 23.0 Å². The Labute approximate surface area is 91.2 Å². The van der Waals surface area contributed by atoms with E-state index >= 15 is 0 Å². The summed E-state index contributed by atoms with van der Waals surface area (Å²) in [7, 11) is 3.00. The molecule has 0 spiro atoms. The summed E-state index contributed by atoms with van der Waals surface area (Å²) in [5, 5.41) is 9.97. The second-order valence-electron chi connectivity index (χ2n) is 3.25. The number of pyridine rings is 1. The minimum Gasteiger partial charge on any atom is -0.503 e. The van der Waals surface area contributed by atoms with Crippen LogP contribution >= 0.6 is 0 Å². The van der Waals surface area contributed by atoms with E-state index in [9.17, 15) is 9.90 Å². The fourth-order valence-corrected chi connectivity index (χ4v) is 1.58. The zero-order valence-corrected chi connectivity index (χ0v) is 8.90. The first-order valence-electron chi connectivity index (χ1n) is 4.64. The largest absolute Gasteiger partial charge is 0.503 e. The number of nitrogens with one attached hydrogen (secondary N) is 1. The molecule has 1 aromatic carbocycles. The van der Waals surface area contributed by atoms with Gasteiger partial charge in [-0.25, -0.2) is 0 Å². The molecule has 0 atom stereocenters. The predicted octanol–water partition coefficient (Wildman–Crippen LogP) is 1.25. The van der Waals surface area contributed by atoms with Crippen LogP contribution in [-0.4, -0.2) is 24.3 Å². The van der Waals surface area contributed by atoms with Crippen LogP contribution in [0.1, 0.15) is 0 Å². The number of aromatic hydroxyl groups is 1. The van der Waals surface area contributed by atoms with Crippen molar-refractivity contribution in [3.05, 3.63) is 28.6 Å². The van der Waals surface area contributed by atoms with E-state index < -0.39 is 5.56 Å². The van der Waals surface area contributed by atoms with Gasteiger partial charge in [0.25, 0.3) is 5.56 Å². The smallest absolute Gasteiger partial charge is 0.290 e. The third-order valence-electron chi connectivity index (χ3n) is 2.34. The van der Waals surface area contributed by atoms with Gasteiger partial charge in [0.1, 0.15) is 0 Å². The third-order valence-corrected chi connectivity index (χ3v) is 2.34. The molecule has 0 aliphatic heterocycles. The van der Waals surface area contributed by atoms with E-state index in [4.69, 9.17) is 9.47 Å². The maximum atomic E-state index is 11.3. The van der Waals surface area contributed by atoms with Crippen molar-refractivity contribution in [2.75, 3.05) is 14.2 Å². The van der Waals surface area contributed by atoms with Crippen molar-refractivity contribution in [2.24, 2.45) is 0 Å². The fourth-order valence-electron chi connectivity index (χ4n) is 1.58. The molecule has 0 aliphatic rings. The Hall–Kier alpha value is -2.17. The SMILES string of the molecule is COc1ccc2cc(O)c(=O)[nH]c2c1OC. The Morgan fingerprint density at radius 3 is 2.62 bits per heavy atom. The number of ether oxygens (including phenoxy) is 2. The zero-order valence-electron chi connectivity index (χ0n) is 8.90. The van der Waals surface area contributed by atoms with Gasteiger partial charge in [-0.15, -0.1) is 0 Å². The number of hydrogen-bond donors (Lipinski definition) is 2. The fraction of sp³-hybridized carbons (Fsp3) is 0.182. The molecule has 5 nitrogen and oxygen atoms in total. The van der Waals surface area contributed by atoms with E-state index in [1.807, 2.05) is 0 Å². The van der Waals surface area contributed by atoms with Gasteiger partial charge in [-0.1, -0.05) is 0 Å². The van der Waals surface area contributed by atoms with Crippen LogP contribution in [0.5, 0.6) is 17.2 Å². The standard InChI is InChI=1S/C11H11NO4/c1-15-8-4-3-6-5-7(13)11(14)12-9(6)10(8)16-2/h3-5,13H,1-2H3,(H,12,14). The minimum absolute atomic E-state index is 0.320. The molecular formula is C11H11NO4. The summed E-state index contributed by atoms with van der Waals surface area (Å²) in [6, 6.07) is 4.82. The van der Waals surface area contributed by atoms with E-state index in [1.54, 1.807) is 12.1 Å². The highest BCUT2D eigenvalue weighted by Gasteiger charge is 2.11. The normalized spacial score (nSPS) is 10.4. The minimum atomic E-state index is -0.556. The number of hydrogen-bond acceptors (Lipinski definition) is 4. The van der Waals surface area contributed by atoms with E-state index in [2.05, 4.69) is 4.98 Å². The Balaban J connectivity index is 2.86. The highest BCUT2D eigenvalue weighted by atomic mass is 16.5. The molecule has 0 saturated heterocycles. The number of H-pyrrole nitrogens is 1. The van der Waals surface area contributed by atoms with E-state index in [0.29, 0.717) is 22.4 Å². The Kier molecular flexibility index (Phi) is 2.44. The van der Waals surface area contributed by atoms with Crippen LogP contribution in [0.3, 0.4) is 0 Å². The van der Waals surface area contributed by atoms with Crippen LogP contribution in [0, 0.1) is 0 Å². The molecule has 0 saturated carbocycles. The number of benzene rings is 1. The van der Waals surface area contributed by atoms with Crippen LogP contribution in [0.4, 0.5) is 0 Å². The van der Waals surface area contributed by atoms with Crippen molar-refractivity contribution >= 4 is 10.9 Å². The molecule has 2 rings (SSSR count). The topological polar surface area (TPSA) is 71.5 Å². The lowest BCUT2D eigenvalue weighted by atomic mass is 10.2. The first kappa shape index (κ1) is 10.4. The molecule has 0 aliphatic carbocycles. The van der Waals surface area contributed by atoms with Crippen molar-refractivity contribution in [2.45, 2.75) is 0 Å². The zero-order chi connectivity index (χ0) is 11.7. The molecular weight excluding hydrogens is 210 g/mol. The average molecular weight is 221 g/mol. The molecule has 0 amide bonds. The second-order valence-corrected chi connectivity index (χ2v) is 3.25. The summed E-state index contributed by atoms with van der Waals surface area (Å²) >= 11 is 0. The molecule has 0 bridgehead atoms. The van der Waals surface area contributed by atoms with E-state index in [0.717, 1.165) is 0 Å². The lowest BCUT2D eigenvalue weighted by Gasteiger charge is -2.10. The molecule has 0 radical (unpaired) electrons. The van der Waals surface area contributed by atoms with Gasteiger partial charge in [0.2, 0.25) is 0 Å². The molecule has 1 aromatic heterocycles. The molecule has 1 heterocycles. The highest BCUT2D eigenvalue weighted by molar-refractivity contribution is 5.87. The summed E-state index contributed by atoms with van der Waals surface area (Å²) in [4.78, 5) is 13.8. The predicted molar refractivity (Wildman–Crippen MR) is 59.3 cm³/mol. The van der Waals surface area contributed by atoms with Gasteiger partial charge >= 0.3 is 0 Å². The number of aromatic nitrogens is 1. The molecule has 84 valence electrons. The third kappa shape index (κ3) is 1.46. The van der Waals surface area contributed by atoms with Gasteiger partial charge in [-0.05, 0) is 18.2 Å². The molecule has 0 unspecified atom stereocenters. The number of aromatic amines is 1. The van der Waals surface area contributed by atoms with Gasteiger partial charge in [0.15, 0.2) is 17.2 Å². The van der Waals surface area contributed by atoms with Gasteiger partial charge in [-0.3, -0.25) is 4.79 Å². The number of methoxy groups -OCH3 is 2. The summed E-state index contributed by atoms with van der Waals surface area (Å²) in [5.41, 5.74) is -0.0521. The number of fused-ring (bicyclic) bond motifs is 1. The first-order chi connectivity index (χ1) is 7.67. The maximum Gasteiger partial charge on any atom is 0.290 e. The highest BCUT2D eigenvalue weighted by Crippen LogP contribution is 2.33.